The van der Waals surface area contributed by atoms with Gasteiger partial charge in [0.25, 0.3) is 5.91 Å². The summed E-state index contributed by atoms with van der Waals surface area (Å²) in [6.45, 7) is 1.18. The van der Waals surface area contributed by atoms with Gasteiger partial charge in [0, 0.05) is 13.1 Å². The molecule has 4 rings (SSSR count). The molecule has 2 aliphatic rings. The first-order valence-electron chi connectivity index (χ1n) is 10.7. The van der Waals surface area contributed by atoms with Gasteiger partial charge in [-0.1, -0.05) is 42.3 Å². The van der Waals surface area contributed by atoms with Gasteiger partial charge in [-0.3, -0.25) is 15.2 Å². The summed E-state index contributed by atoms with van der Waals surface area (Å²) in [6, 6.07) is 11.5. The van der Waals surface area contributed by atoms with Crippen molar-refractivity contribution in [1.82, 2.24) is 10.4 Å². The molecule has 0 radical (unpaired) electrons. The van der Waals surface area contributed by atoms with E-state index in [9.17, 15) is 18.0 Å². The Kier molecular flexibility index (Phi) is 6.81. The van der Waals surface area contributed by atoms with Crippen molar-refractivity contribution in [2.45, 2.75) is 31.5 Å². The lowest BCUT2D eigenvalue weighted by atomic mass is 9.88. The smallest absolute Gasteiger partial charge is 0.399 e. The molecule has 0 aliphatic carbocycles. The fourth-order valence-corrected chi connectivity index (χ4v) is 4.46. The third-order valence-corrected chi connectivity index (χ3v) is 6.17. The van der Waals surface area contributed by atoms with E-state index in [1.807, 2.05) is 0 Å². The molecule has 1 N–H and O–H groups in total. The fourth-order valence-electron chi connectivity index (χ4n) is 4.23. The summed E-state index contributed by atoms with van der Waals surface area (Å²) in [4.78, 5) is 13.0. The van der Waals surface area contributed by atoms with Gasteiger partial charge >= 0.3 is 6.18 Å². The Morgan fingerprint density at radius 2 is 1.76 bits per heavy atom. The zero-order chi connectivity index (χ0) is 23.6. The molecular weight excluding hydrogens is 457 g/mol. The molecule has 0 bridgehead atoms. The maximum Gasteiger partial charge on any atom is 0.399 e. The SMILES string of the molecule is COc1ccc([C@@H]2[C@H](C(F)(F)F)C(C(=O)NN3CCCCC3)=NN2c2ccccc2Cl)cc1. The highest BCUT2D eigenvalue weighted by Gasteiger charge is 2.56. The van der Waals surface area contributed by atoms with Gasteiger partial charge in [-0.15, -0.1) is 0 Å². The van der Waals surface area contributed by atoms with E-state index in [-0.39, 0.29) is 10.7 Å². The number of hydrazine groups is 1. The Labute approximate surface area is 194 Å². The third kappa shape index (κ3) is 4.94. The van der Waals surface area contributed by atoms with Crippen LogP contribution in [0.2, 0.25) is 5.02 Å². The number of halogens is 4. The highest BCUT2D eigenvalue weighted by atomic mass is 35.5. The number of hydrazone groups is 1. The van der Waals surface area contributed by atoms with Crippen LogP contribution in [0.25, 0.3) is 0 Å². The molecule has 1 amide bonds. The number of anilines is 1. The average Bonchev–Trinajstić information content (AvgIpc) is 3.21. The van der Waals surface area contributed by atoms with Crippen molar-refractivity contribution in [3.8, 4) is 5.75 Å². The van der Waals surface area contributed by atoms with Crippen LogP contribution in [0.1, 0.15) is 30.9 Å². The van der Waals surface area contributed by atoms with Gasteiger partial charge in [0.05, 0.1) is 23.9 Å². The van der Waals surface area contributed by atoms with Crippen molar-refractivity contribution < 1.29 is 22.7 Å². The number of methoxy groups -OCH3 is 1. The van der Waals surface area contributed by atoms with Crippen molar-refractivity contribution in [3.05, 3.63) is 59.1 Å². The number of hydrogen-bond donors (Lipinski definition) is 1. The van der Waals surface area contributed by atoms with Gasteiger partial charge in [0.15, 0.2) is 0 Å². The molecule has 176 valence electrons. The van der Waals surface area contributed by atoms with E-state index < -0.39 is 29.8 Å². The van der Waals surface area contributed by atoms with E-state index in [1.165, 1.54) is 12.1 Å². The summed E-state index contributed by atoms with van der Waals surface area (Å²) in [7, 11) is 1.48. The number of nitrogens with zero attached hydrogens (tertiary/aromatic N) is 3. The standard InChI is InChI=1S/C23H24ClF3N4O2/c1-33-16-11-9-15(10-12-16)21-19(23(25,26)27)20(22(32)29-30-13-5-2-6-14-30)28-31(21)18-8-4-3-7-17(18)24/h3-4,7-12,19,21H,2,5-6,13-14H2,1H3,(H,29,32)/t19-,21-/m1/s1. The maximum absolute atomic E-state index is 14.5. The zero-order valence-electron chi connectivity index (χ0n) is 18.0. The molecule has 1 saturated heterocycles. The highest BCUT2D eigenvalue weighted by Crippen LogP contribution is 2.48. The van der Waals surface area contributed by atoms with Gasteiger partial charge in [0.1, 0.15) is 17.4 Å². The first kappa shape index (κ1) is 23.4. The van der Waals surface area contributed by atoms with Crippen molar-refractivity contribution in [2.24, 2.45) is 11.0 Å². The van der Waals surface area contributed by atoms with Crippen LogP contribution < -0.4 is 15.2 Å². The minimum Gasteiger partial charge on any atom is -0.497 e. The Balaban J connectivity index is 1.77. The summed E-state index contributed by atoms with van der Waals surface area (Å²) in [6.07, 6.45) is -1.96. The van der Waals surface area contributed by atoms with Gasteiger partial charge < -0.3 is 4.74 Å². The van der Waals surface area contributed by atoms with E-state index in [0.29, 0.717) is 24.4 Å². The monoisotopic (exact) mass is 480 g/mol. The summed E-state index contributed by atoms with van der Waals surface area (Å²) >= 11 is 6.33. The molecule has 2 aliphatic heterocycles. The van der Waals surface area contributed by atoms with E-state index >= 15 is 0 Å². The molecule has 0 spiro atoms. The average molecular weight is 481 g/mol. The molecule has 2 heterocycles. The minimum absolute atomic E-state index is 0.235. The molecule has 2 atom stereocenters. The first-order valence-corrected chi connectivity index (χ1v) is 11.1. The Morgan fingerprint density at radius 3 is 2.36 bits per heavy atom. The van der Waals surface area contributed by atoms with Crippen LogP contribution in [-0.4, -0.2) is 43.0 Å². The maximum atomic E-state index is 14.5. The molecule has 1 fully saturated rings. The van der Waals surface area contributed by atoms with Crippen LogP contribution >= 0.6 is 11.6 Å². The number of rotatable bonds is 5. The largest absolute Gasteiger partial charge is 0.497 e. The second kappa shape index (κ2) is 9.61. The van der Waals surface area contributed by atoms with Crippen LogP contribution in [0.5, 0.6) is 5.75 Å². The summed E-state index contributed by atoms with van der Waals surface area (Å²) in [5.41, 5.74) is 2.66. The summed E-state index contributed by atoms with van der Waals surface area (Å²) < 4.78 is 48.5. The number of para-hydroxylation sites is 1. The number of nitrogens with one attached hydrogen (secondary N) is 1. The topological polar surface area (TPSA) is 57.2 Å². The molecule has 2 aromatic carbocycles. The van der Waals surface area contributed by atoms with Gasteiger partial charge in [-0.2, -0.15) is 18.3 Å². The van der Waals surface area contributed by atoms with Crippen molar-refractivity contribution in [1.29, 1.82) is 0 Å². The molecule has 10 heteroatoms. The molecule has 0 saturated carbocycles. The van der Waals surface area contributed by atoms with Gasteiger partial charge in [-0.25, -0.2) is 5.01 Å². The predicted molar refractivity (Wildman–Crippen MR) is 120 cm³/mol. The number of amides is 1. The molecule has 6 nitrogen and oxygen atoms in total. The van der Waals surface area contributed by atoms with Crippen molar-refractivity contribution in [3.63, 3.8) is 0 Å². The lowest BCUT2D eigenvalue weighted by Crippen LogP contribution is -2.50. The van der Waals surface area contributed by atoms with Gasteiger partial charge in [-0.05, 0) is 42.7 Å². The number of ether oxygens (including phenoxy) is 1. The lowest BCUT2D eigenvalue weighted by molar-refractivity contribution is -0.160. The third-order valence-electron chi connectivity index (χ3n) is 5.85. The van der Waals surface area contributed by atoms with E-state index in [0.717, 1.165) is 19.3 Å². The lowest BCUT2D eigenvalue weighted by Gasteiger charge is -2.30. The highest BCUT2D eigenvalue weighted by molar-refractivity contribution is 6.41. The first-order chi connectivity index (χ1) is 15.8. The molecule has 0 aromatic heterocycles. The fraction of sp³-hybridized carbons (Fsp3) is 0.391. The van der Waals surface area contributed by atoms with E-state index in [4.69, 9.17) is 16.3 Å². The Hall–Kier alpha value is -2.78. The molecular formula is C23H24ClF3N4O2. The van der Waals surface area contributed by atoms with Crippen LogP contribution in [0.4, 0.5) is 18.9 Å². The number of piperidine rings is 1. The van der Waals surface area contributed by atoms with Crippen LogP contribution in [0.15, 0.2) is 53.6 Å². The predicted octanol–water partition coefficient (Wildman–Crippen LogP) is 4.96. The van der Waals surface area contributed by atoms with Crippen molar-refractivity contribution in [2.75, 3.05) is 25.2 Å². The Morgan fingerprint density at radius 1 is 1.09 bits per heavy atom. The van der Waals surface area contributed by atoms with Crippen LogP contribution in [-0.2, 0) is 4.79 Å². The molecule has 0 unspecified atom stereocenters. The zero-order valence-corrected chi connectivity index (χ0v) is 18.7. The van der Waals surface area contributed by atoms with E-state index in [2.05, 4.69) is 10.5 Å². The molecule has 2 aromatic rings. The Bertz CT molecular complexity index is 1020. The molecule has 33 heavy (non-hydrogen) atoms. The van der Waals surface area contributed by atoms with E-state index in [1.54, 1.807) is 53.5 Å². The second-order valence-electron chi connectivity index (χ2n) is 8.01. The number of carbonyl (C=O) groups excluding carboxylic acids is 1. The number of alkyl halides is 3. The normalized spacial score (nSPS) is 21.6. The number of carbonyl (C=O) groups is 1. The number of hydrogen-bond acceptors (Lipinski definition) is 5. The summed E-state index contributed by atoms with van der Waals surface area (Å²) in [5, 5.41) is 7.30. The second-order valence-corrected chi connectivity index (χ2v) is 8.41. The van der Waals surface area contributed by atoms with Crippen LogP contribution in [0, 0.1) is 5.92 Å². The quantitative estimate of drug-likeness (QED) is 0.657. The van der Waals surface area contributed by atoms with Crippen molar-refractivity contribution >= 4 is 28.9 Å². The number of benzene rings is 2. The van der Waals surface area contributed by atoms with Gasteiger partial charge in [0.2, 0.25) is 0 Å². The minimum atomic E-state index is -4.72. The van der Waals surface area contributed by atoms with Crippen LogP contribution in [0.3, 0.4) is 0 Å². The summed E-state index contributed by atoms with van der Waals surface area (Å²) in [5.74, 6) is -2.49.